The molecule has 0 aliphatic heterocycles. The highest BCUT2D eigenvalue weighted by Gasteiger charge is 2.26. The van der Waals surface area contributed by atoms with Crippen LogP contribution in [0.3, 0.4) is 0 Å². The molecule has 0 spiro atoms. The van der Waals surface area contributed by atoms with Crippen molar-refractivity contribution in [1.82, 2.24) is 0 Å². The zero-order valence-corrected chi connectivity index (χ0v) is 14.0. The van der Waals surface area contributed by atoms with Crippen molar-refractivity contribution in [2.75, 3.05) is 0 Å². The van der Waals surface area contributed by atoms with Gasteiger partial charge in [-0.1, -0.05) is 72.5 Å². The van der Waals surface area contributed by atoms with E-state index in [1.54, 1.807) is 0 Å². The smallest absolute Gasteiger partial charge is 0.214 e. The van der Waals surface area contributed by atoms with Crippen molar-refractivity contribution in [3.63, 3.8) is 0 Å². The van der Waals surface area contributed by atoms with E-state index in [9.17, 15) is 5.11 Å². The second kappa shape index (κ2) is 7.54. The van der Waals surface area contributed by atoms with Gasteiger partial charge in [0.25, 0.3) is 0 Å². The Morgan fingerprint density at radius 1 is 0.640 bits per heavy atom. The number of hydrogen-bond donors (Lipinski definition) is 1. The van der Waals surface area contributed by atoms with Crippen LogP contribution in [0.15, 0.2) is 84.9 Å². The molecule has 0 radical (unpaired) electrons. The lowest BCUT2D eigenvalue weighted by Crippen LogP contribution is -2.22. The summed E-state index contributed by atoms with van der Waals surface area (Å²) in [7, 11) is 0. The summed E-state index contributed by atoms with van der Waals surface area (Å²) >= 11 is 0. The van der Waals surface area contributed by atoms with Crippen LogP contribution in [0.5, 0.6) is 0 Å². The molecule has 3 rings (SSSR count). The van der Waals surface area contributed by atoms with E-state index in [-0.39, 0.29) is 0 Å². The predicted molar refractivity (Wildman–Crippen MR) is 102 cm³/mol. The lowest BCUT2D eigenvalue weighted by atomic mass is 9.90. The molecule has 120 valence electrons. The minimum Gasteiger partial charge on any atom is -0.363 e. The highest BCUT2D eigenvalue weighted by Crippen LogP contribution is 2.23. The van der Waals surface area contributed by atoms with Crippen LogP contribution in [0.4, 0.5) is 0 Å². The summed E-state index contributed by atoms with van der Waals surface area (Å²) in [5.74, 6) is 12.0. The maximum absolute atomic E-state index is 11.2. The Kier molecular flexibility index (Phi) is 5.00. The fourth-order valence-corrected chi connectivity index (χ4v) is 2.51. The van der Waals surface area contributed by atoms with Crippen molar-refractivity contribution in [1.29, 1.82) is 0 Å². The molecule has 3 aromatic rings. The van der Waals surface area contributed by atoms with Gasteiger partial charge in [0.1, 0.15) is 0 Å². The first-order valence-electron chi connectivity index (χ1n) is 8.12. The van der Waals surface area contributed by atoms with Gasteiger partial charge in [-0.15, -0.1) is 0 Å². The standard InChI is InChI=1S/C24H18O/c1-20-10-8-9-15-23(20)24(25,18-16-21-11-4-2-5-12-21)19-17-22-13-6-3-7-14-22/h2-15,25H,1H3. The molecular weight excluding hydrogens is 304 g/mol. The van der Waals surface area contributed by atoms with Gasteiger partial charge in [0.05, 0.1) is 0 Å². The summed E-state index contributed by atoms with van der Waals surface area (Å²) in [6, 6.07) is 26.9. The topological polar surface area (TPSA) is 20.2 Å². The Bertz CT molecular complexity index is 907. The lowest BCUT2D eigenvalue weighted by molar-refractivity contribution is 0.164. The Morgan fingerprint density at radius 3 is 1.56 bits per heavy atom. The van der Waals surface area contributed by atoms with Gasteiger partial charge in [0, 0.05) is 16.7 Å². The summed E-state index contributed by atoms with van der Waals surface area (Å²) in [5, 5.41) is 11.2. The van der Waals surface area contributed by atoms with Gasteiger partial charge in [-0.05, 0) is 48.6 Å². The second-order valence-corrected chi connectivity index (χ2v) is 5.76. The first kappa shape index (κ1) is 16.6. The van der Waals surface area contributed by atoms with Crippen LogP contribution in [-0.2, 0) is 5.60 Å². The third-order valence-corrected chi connectivity index (χ3v) is 3.86. The molecule has 0 unspecified atom stereocenters. The monoisotopic (exact) mass is 322 g/mol. The maximum atomic E-state index is 11.2. The quantitative estimate of drug-likeness (QED) is 0.663. The Balaban J connectivity index is 2.08. The summed E-state index contributed by atoms with van der Waals surface area (Å²) in [6.45, 7) is 1.95. The van der Waals surface area contributed by atoms with Crippen molar-refractivity contribution >= 4 is 0 Å². The highest BCUT2D eigenvalue weighted by atomic mass is 16.3. The third-order valence-electron chi connectivity index (χ3n) is 3.86. The van der Waals surface area contributed by atoms with Crippen molar-refractivity contribution in [3.05, 3.63) is 107 Å². The largest absolute Gasteiger partial charge is 0.363 e. The van der Waals surface area contributed by atoms with Crippen molar-refractivity contribution in [2.24, 2.45) is 0 Å². The average molecular weight is 322 g/mol. The molecule has 1 N–H and O–H groups in total. The molecule has 0 heterocycles. The van der Waals surface area contributed by atoms with E-state index in [0.717, 1.165) is 16.7 Å². The van der Waals surface area contributed by atoms with Gasteiger partial charge in [-0.3, -0.25) is 0 Å². The van der Waals surface area contributed by atoms with Gasteiger partial charge in [-0.25, -0.2) is 0 Å². The Labute approximate surface area is 149 Å². The molecular formula is C24H18O. The summed E-state index contributed by atoms with van der Waals surface area (Å²) in [4.78, 5) is 0. The Morgan fingerprint density at radius 2 is 1.08 bits per heavy atom. The van der Waals surface area contributed by atoms with Crippen LogP contribution >= 0.6 is 0 Å². The summed E-state index contributed by atoms with van der Waals surface area (Å²) in [5.41, 5.74) is 1.82. The van der Waals surface area contributed by atoms with Crippen LogP contribution in [0.1, 0.15) is 22.3 Å². The molecule has 3 aromatic carbocycles. The average Bonchev–Trinajstić information content (AvgIpc) is 2.67. The van der Waals surface area contributed by atoms with Gasteiger partial charge in [0.2, 0.25) is 5.60 Å². The molecule has 0 bridgehead atoms. The Hall–Kier alpha value is -3.26. The summed E-state index contributed by atoms with van der Waals surface area (Å²) in [6.07, 6.45) is 0. The molecule has 25 heavy (non-hydrogen) atoms. The van der Waals surface area contributed by atoms with E-state index in [1.165, 1.54) is 0 Å². The minimum absolute atomic E-state index is 0.710. The first-order chi connectivity index (χ1) is 12.2. The number of rotatable bonds is 1. The lowest BCUT2D eigenvalue weighted by Gasteiger charge is -2.18. The maximum Gasteiger partial charge on any atom is 0.214 e. The molecule has 0 aliphatic rings. The number of aliphatic hydroxyl groups is 1. The highest BCUT2D eigenvalue weighted by molar-refractivity contribution is 5.50. The zero-order chi connectivity index (χ0) is 17.5. The van der Waals surface area contributed by atoms with Crippen LogP contribution in [0.25, 0.3) is 0 Å². The molecule has 0 aliphatic carbocycles. The number of benzene rings is 3. The van der Waals surface area contributed by atoms with Crippen LogP contribution in [0, 0.1) is 30.6 Å². The molecule has 1 nitrogen and oxygen atoms in total. The van der Waals surface area contributed by atoms with E-state index >= 15 is 0 Å². The van der Waals surface area contributed by atoms with E-state index < -0.39 is 5.60 Å². The van der Waals surface area contributed by atoms with E-state index in [1.807, 2.05) is 91.9 Å². The molecule has 0 amide bonds. The van der Waals surface area contributed by atoms with Crippen LogP contribution in [-0.4, -0.2) is 5.11 Å². The van der Waals surface area contributed by atoms with Crippen molar-refractivity contribution in [2.45, 2.75) is 12.5 Å². The zero-order valence-electron chi connectivity index (χ0n) is 14.0. The molecule has 0 fully saturated rings. The fraction of sp³-hybridized carbons (Fsp3) is 0.0833. The number of aryl methyl sites for hydroxylation is 1. The predicted octanol–water partition coefficient (Wildman–Crippen LogP) is 4.29. The van der Waals surface area contributed by atoms with Gasteiger partial charge >= 0.3 is 0 Å². The third kappa shape index (κ3) is 4.18. The summed E-state index contributed by atoms with van der Waals surface area (Å²) < 4.78 is 0. The van der Waals surface area contributed by atoms with Gasteiger partial charge < -0.3 is 5.11 Å². The van der Waals surface area contributed by atoms with Crippen LogP contribution < -0.4 is 0 Å². The van der Waals surface area contributed by atoms with Crippen molar-refractivity contribution in [3.8, 4) is 23.7 Å². The normalized spacial score (nSPS) is 10.2. The molecule has 0 atom stereocenters. The van der Waals surface area contributed by atoms with E-state index in [0.29, 0.717) is 5.56 Å². The SMILES string of the molecule is Cc1ccccc1C(O)(C#Cc1ccccc1)C#Cc1ccccc1. The molecule has 0 saturated carbocycles. The van der Waals surface area contributed by atoms with Gasteiger partial charge in [-0.2, -0.15) is 0 Å². The second-order valence-electron chi connectivity index (χ2n) is 5.76. The molecule has 0 saturated heterocycles. The molecule has 1 heteroatoms. The van der Waals surface area contributed by atoms with E-state index in [4.69, 9.17) is 0 Å². The minimum atomic E-state index is -1.53. The fourth-order valence-electron chi connectivity index (χ4n) is 2.51. The van der Waals surface area contributed by atoms with E-state index in [2.05, 4.69) is 23.7 Å². The first-order valence-corrected chi connectivity index (χ1v) is 8.12. The number of hydrogen-bond acceptors (Lipinski definition) is 1. The molecule has 0 aromatic heterocycles. The van der Waals surface area contributed by atoms with Gasteiger partial charge in [0.15, 0.2) is 0 Å². The van der Waals surface area contributed by atoms with Crippen molar-refractivity contribution < 1.29 is 5.11 Å². The van der Waals surface area contributed by atoms with Crippen LogP contribution in [0.2, 0.25) is 0 Å².